The van der Waals surface area contributed by atoms with Gasteiger partial charge in [0, 0.05) is 12.2 Å². The second kappa shape index (κ2) is 3.39. The molecule has 0 spiro atoms. The molecule has 2 rings (SSSR count). The summed E-state index contributed by atoms with van der Waals surface area (Å²) >= 11 is 0. The Hall–Kier alpha value is -0.830. The van der Waals surface area contributed by atoms with E-state index in [1.165, 1.54) is 18.5 Å². The Morgan fingerprint density at radius 3 is 2.64 bits per heavy atom. The first kappa shape index (κ1) is 9.71. The van der Waals surface area contributed by atoms with Crippen molar-refractivity contribution < 1.29 is 0 Å². The highest BCUT2D eigenvalue weighted by Crippen LogP contribution is 2.50. The van der Waals surface area contributed by atoms with Crippen LogP contribution in [0.25, 0.3) is 0 Å². The molecule has 1 saturated carbocycles. The van der Waals surface area contributed by atoms with Crippen LogP contribution in [0.5, 0.6) is 0 Å². The monoisotopic (exact) mass is 193 g/mol. The number of aryl methyl sites for hydroxylation is 1. The van der Waals surface area contributed by atoms with Gasteiger partial charge in [-0.05, 0) is 45.1 Å². The van der Waals surface area contributed by atoms with Crippen LogP contribution in [-0.2, 0) is 6.54 Å². The Bertz CT molecular complexity index is 323. The first-order valence-electron chi connectivity index (χ1n) is 5.35. The Labute approximate surface area is 85.3 Å². The van der Waals surface area contributed by atoms with Crippen molar-refractivity contribution in [2.75, 3.05) is 6.54 Å². The van der Waals surface area contributed by atoms with Crippen molar-refractivity contribution in [3.63, 3.8) is 0 Å². The molecule has 0 radical (unpaired) electrons. The molecular formula is C11H19N3. The lowest BCUT2D eigenvalue weighted by molar-refractivity contribution is 0.394. The molecule has 3 heteroatoms. The second-order valence-corrected chi connectivity index (χ2v) is 4.58. The van der Waals surface area contributed by atoms with E-state index in [-0.39, 0.29) is 0 Å². The first-order valence-corrected chi connectivity index (χ1v) is 5.35. The lowest BCUT2D eigenvalue weighted by atomic mass is 10.0. The summed E-state index contributed by atoms with van der Waals surface area (Å²) in [4.78, 5) is 4.32. The zero-order chi connectivity index (χ0) is 10.2. The summed E-state index contributed by atoms with van der Waals surface area (Å²) in [6, 6.07) is 0. The zero-order valence-electron chi connectivity index (χ0n) is 9.08. The topological polar surface area (TPSA) is 43.8 Å². The van der Waals surface area contributed by atoms with Gasteiger partial charge in [0.05, 0.1) is 12.0 Å². The summed E-state index contributed by atoms with van der Waals surface area (Å²) in [5, 5.41) is 0. The molecule has 78 valence electrons. The van der Waals surface area contributed by atoms with E-state index < -0.39 is 0 Å². The average Bonchev–Trinajstić information content (AvgIpc) is 2.85. The van der Waals surface area contributed by atoms with Crippen molar-refractivity contribution in [1.29, 1.82) is 0 Å². The minimum Gasteiger partial charge on any atom is -0.334 e. The average molecular weight is 193 g/mol. The van der Waals surface area contributed by atoms with Gasteiger partial charge in [-0.2, -0.15) is 0 Å². The van der Waals surface area contributed by atoms with E-state index in [2.05, 4.69) is 23.4 Å². The fourth-order valence-corrected chi connectivity index (χ4v) is 2.04. The Kier molecular flexibility index (Phi) is 2.35. The molecule has 0 unspecified atom stereocenters. The summed E-state index contributed by atoms with van der Waals surface area (Å²) in [7, 11) is 0. The number of nitrogens with two attached hydrogens (primary N) is 1. The second-order valence-electron chi connectivity index (χ2n) is 4.58. The van der Waals surface area contributed by atoms with Gasteiger partial charge in [0.25, 0.3) is 0 Å². The predicted octanol–water partition coefficient (Wildman–Crippen LogP) is 1.63. The van der Waals surface area contributed by atoms with Gasteiger partial charge in [-0.25, -0.2) is 4.98 Å². The number of imidazole rings is 1. The number of aromatic nitrogens is 2. The van der Waals surface area contributed by atoms with Gasteiger partial charge < -0.3 is 10.3 Å². The molecule has 0 aliphatic heterocycles. The molecule has 0 aromatic carbocycles. The fraction of sp³-hybridized carbons (Fsp3) is 0.727. The predicted molar refractivity (Wildman–Crippen MR) is 57.0 cm³/mol. The molecule has 1 heterocycles. The van der Waals surface area contributed by atoms with Gasteiger partial charge in [-0.1, -0.05) is 0 Å². The number of rotatable bonds is 4. The zero-order valence-corrected chi connectivity index (χ0v) is 9.08. The van der Waals surface area contributed by atoms with Crippen LogP contribution in [-0.4, -0.2) is 16.1 Å². The number of nitrogens with zero attached hydrogens (tertiary/aromatic N) is 2. The summed E-state index contributed by atoms with van der Waals surface area (Å²) in [6.07, 6.45) is 5.78. The van der Waals surface area contributed by atoms with E-state index in [0.717, 1.165) is 25.2 Å². The summed E-state index contributed by atoms with van der Waals surface area (Å²) < 4.78 is 2.28. The van der Waals surface area contributed by atoms with Gasteiger partial charge in [-0.3, -0.25) is 0 Å². The van der Waals surface area contributed by atoms with Crippen LogP contribution in [0.1, 0.15) is 30.7 Å². The van der Waals surface area contributed by atoms with Crippen LogP contribution in [0.15, 0.2) is 6.33 Å². The SMILES string of the molecule is Cc1ncn(CC2(CCN)CC2)c1C. The summed E-state index contributed by atoms with van der Waals surface area (Å²) in [5.74, 6) is 0. The molecule has 0 saturated heterocycles. The van der Waals surface area contributed by atoms with Crippen molar-refractivity contribution in [2.24, 2.45) is 11.1 Å². The van der Waals surface area contributed by atoms with Crippen LogP contribution >= 0.6 is 0 Å². The Morgan fingerprint density at radius 1 is 1.50 bits per heavy atom. The third-order valence-corrected chi connectivity index (χ3v) is 3.48. The third-order valence-electron chi connectivity index (χ3n) is 3.48. The van der Waals surface area contributed by atoms with Crippen molar-refractivity contribution in [3.8, 4) is 0 Å². The molecule has 0 bridgehead atoms. The third kappa shape index (κ3) is 1.69. The summed E-state index contributed by atoms with van der Waals surface area (Å²) in [5.41, 5.74) is 8.58. The van der Waals surface area contributed by atoms with Crippen LogP contribution in [0.4, 0.5) is 0 Å². The largest absolute Gasteiger partial charge is 0.334 e. The molecule has 14 heavy (non-hydrogen) atoms. The standard InChI is InChI=1S/C11H19N3/c1-9-10(2)14(8-13-9)7-11(3-4-11)5-6-12/h8H,3-7,12H2,1-2H3. The fourth-order valence-electron chi connectivity index (χ4n) is 2.04. The van der Waals surface area contributed by atoms with Gasteiger partial charge >= 0.3 is 0 Å². The van der Waals surface area contributed by atoms with Crippen LogP contribution in [0.3, 0.4) is 0 Å². The minimum atomic E-state index is 0.507. The van der Waals surface area contributed by atoms with Crippen molar-refractivity contribution in [1.82, 2.24) is 9.55 Å². The minimum absolute atomic E-state index is 0.507. The van der Waals surface area contributed by atoms with Crippen LogP contribution in [0.2, 0.25) is 0 Å². The molecular weight excluding hydrogens is 174 g/mol. The van der Waals surface area contributed by atoms with E-state index in [0.29, 0.717) is 5.41 Å². The highest BCUT2D eigenvalue weighted by Gasteiger charge is 2.41. The van der Waals surface area contributed by atoms with Crippen molar-refractivity contribution >= 4 is 0 Å². The number of hydrogen-bond donors (Lipinski definition) is 1. The molecule has 1 aromatic rings. The lowest BCUT2D eigenvalue weighted by Gasteiger charge is -2.15. The lowest BCUT2D eigenvalue weighted by Crippen LogP contribution is -2.16. The normalized spacial score (nSPS) is 18.5. The maximum Gasteiger partial charge on any atom is 0.0951 e. The molecule has 0 amide bonds. The van der Waals surface area contributed by atoms with E-state index in [1.807, 2.05) is 6.33 Å². The maximum atomic E-state index is 5.63. The molecule has 1 fully saturated rings. The Morgan fingerprint density at radius 2 is 2.21 bits per heavy atom. The van der Waals surface area contributed by atoms with Crippen molar-refractivity contribution in [3.05, 3.63) is 17.7 Å². The van der Waals surface area contributed by atoms with Crippen LogP contribution < -0.4 is 5.73 Å². The molecule has 0 atom stereocenters. The van der Waals surface area contributed by atoms with Gasteiger partial charge in [-0.15, -0.1) is 0 Å². The molecule has 3 nitrogen and oxygen atoms in total. The highest BCUT2D eigenvalue weighted by molar-refractivity contribution is 5.10. The maximum absolute atomic E-state index is 5.63. The molecule has 2 N–H and O–H groups in total. The molecule has 1 aliphatic carbocycles. The molecule has 1 aliphatic rings. The van der Waals surface area contributed by atoms with Gasteiger partial charge in [0.15, 0.2) is 0 Å². The van der Waals surface area contributed by atoms with Crippen LogP contribution in [0, 0.1) is 19.3 Å². The van der Waals surface area contributed by atoms with E-state index in [9.17, 15) is 0 Å². The summed E-state index contributed by atoms with van der Waals surface area (Å²) in [6.45, 7) is 6.12. The molecule has 1 aromatic heterocycles. The van der Waals surface area contributed by atoms with E-state index >= 15 is 0 Å². The highest BCUT2D eigenvalue weighted by atomic mass is 15.1. The van der Waals surface area contributed by atoms with E-state index in [4.69, 9.17) is 5.73 Å². The Balaban J connectivity index is 2.07. The van der Waals surface area contributed by atoms with E-state index in [1.54, 1.807) is 0 Å². The first-order chi connectivity index (χ1) is 6.67. The smallest absolute Gasteiger partial charge is 0.0951 e. The van der Waals surface area contributed by atoms with Gasteiger partial charge in [0.2, 0.25) is 0 Å². The van der Waals surface area contributed by atoms with Crippen molar-refractivity contribution in [2.45, 2.75) is 39.7 Å². The number of hydrogen-bond acceptors (Lipinski definition) is 2. The quantitative estimate of drug-likeness (QED) is 0.789. The van der Waals surface area contributed by atoms with Gasteiger partial charge in [0.1, 0.15) is 0 Å².